The second-order valence-electron chi connectivity index (χ2n) is 5.35. The first-order chi connectivity index (χ1) is 11.7. The van der Waals surface area contributed by atoms with Crippen LogP contribution >= 0.6 is 12.4 Å². The molecule has 0 saturated heterocycles. The fourth-order valence-corrected chi connectivity index (χ4v) is 2.43. The molecule has 0 fully saturated rings. The van der Waals surface area contributed by atoms with Crippen molar-refractivity contribution in [3.05, 3.63) is 53.6 Å². The van der Waals surface area contributed by atoms with E-state index < -0.39 is 0 Å². The van der Waals surface area contributed by atoms with Gasteiger partial charge < -0.3 is 20.1 Å². The van der Waals surface area contributed by atoms with Crippen LogP contribution in [0, 0.1) is 0 Å². The van der Waals surface area contributed by atoms with E-state index in [-0.39, 0.29) is 24.7 Å². The van der Waals surface area contributed by atoms with Crippen molar-refractivity contribution < 1.29 is 14.3 Å². The molecule has 0 radical (unpaired) electrons. The highest BCUT2D eigenvalue weighted by molar-refractivity contribution is 5.93. The predicted octanol–water partition coefficient (Wildman–Crippen LogP) is 3.42. The largest absolute Gasteiger partial charge is 0.493 e. The average molecular weight is 365 g/mol. The van der Waals surface area contributed by atoms with Gasteiger partial charge in [0.1, 0.15) is 0 Å². The number of rotatable bonds is 8. The minimum Gasteiger partial charge on any atom is -0.493 e. The first kappa shape index (κ1) is 20.8. The van der Waals surface area contributed by atoms with Crippen LogP contribution in [0.5, 0.6) is 11.5 Å². The number of carbonyl (C=O) groups excluding carboxylic acids is 1. The Morgan fingerprint density at radius 3 is 2.44 bits per heavy atom. The van der Waals surface area contributed by atoms with Gasteiger partial charge in [0.05, 0.1) is 20.6 Å². The zero-order chi connectivity index (χ0) is 17.4. The Kier molecular flexibility index (Phi) is 8.81. The molecule has 0 spiro atoms. The summed E-state index contributed by atoms with van der Waals surface area (Å²) in [5, 5.41) is 6.26. The Labute approximate surface area is 155 Å². The SMILES string of the molecule is CCNCc1ccccc1NC(=O)Cc1ccc(OC)c(OC)c1.Cl. The van der Waals surface area contributed by atoms with Crippen LogP contribution in [0.3, 0.4) is 0 Å². The summed E-state index contributed by atoms with van der Waals surface area (Å²) >= 11 is 0. The highest BCUT2D eigenvalue weighted by atomic mass is 35.5. The number of ether oxygens (including phenoxy) is 2. The lowest BCUT2D eigenvalue weighted by Crippen LogP contribution is -2.18. The number of benzene rings is 2. The molecule has 0 aromatic heterocycles. The third kappa shape index (κ3) is 5.96. The molecule has 2 N–H and O–H groups in total. The molecular formula is C19H25ClN2O3. The molecule has 2 aromatic carbocycles. The summed E-state index contributed by atoms with van der Waals surface area (Å²) < 4.78 is 10.5. The van der Waals surface area contributed by atoms with Crippen molar-refractivity contribution in [1.29, 1.82) is 0 Å². The molecule has 1 amide bonds. The van der Waals surface area contributed by atoms with Gasteiger partial charge in [0, 0.05) is 12.2 Å². The molecule has 136 valence electrons. The fraction of sp³-hybridized carbons (Fsp3) is 0.316. The zero-order valence-corrected chi connectivity index (χ0v) is 15.6. The summed E-state index contributed by atoms with van der Waals surface area (Å²) in [5.41, 5.74) is 2.78. The van der Waals surface area contributed by atoms with Crippen LogP contribution in [0.4, 0.5) is 5.69 Å². The van der Waals surface area contributed by atoms with Gasteiger partial charge in [-0.1, -0.05) is 31.2 Å². The Morgan fingerprint density at radius 1 is 1.04 bits per heavy atom. The van der Waals surface area contributed by atoms with Gasteiger partial charge in [-0.3, -0.25) is 4.79 Å². The van der Waals surface area contributed by atoms with Crippen molar-refractivity contribution in [2.24, 2.45) is 0 Å². The summed E-state index contributed by atoms with van der Waals surface area (Å²) in [6, 6.07) is 13.3. The van der Waals surface area contributed by atoms with Crippen LogP contribution < -0.4 is 20.1 Å². The van der Waals surface area contributed by atoms with Crippen LogP contribution in [0.15, 0.2) is 42.5 Å². The molecule has 2 aromatic rings. The number of halogens is 1. The predicted molar refractivity (Wildman–Crippen MR) is 103 cm³/mol. The van der Waals surface area contributed by atoms with Crippen LogP contribution in [0.25, 0.3) is 0 Å². The Bertz CT molecular complexity index is 692. The van der Waals surface area contributed by atoms with Gasteiger partial charge in [0.25, 0.3) is 0 Å². The number of amides is 1. The normalized spacial score (nSPS) is 9.88. The van der Waals surface area contributed by atoms with Crippen molar-refractivity contribution in [3.8, 4) is 11.5 Å². The van der Waals surface area contributed by atoms with Crippen molar-refractivity contribution in [1.82, 2.24) is 5.32 Å². The van der Waals surface area contributed by atoms with E-state index in [0.717, 1.165) is 29.9 Å². The van der Waals surface area contributed by atoms with Gasteiger partial charge in [0.15, 0.2) is 11.5 Å². The number of hydrogen-bond acceptors (Lipinski definition) is 4. The monoisotopic (exact) mass is 364 g/mol. The Balaban J connectivity index is 0.00000312. The lowest BCUT2D eigenvalue weighted by molar-refractivity contribution is -0.115. The van der Waals surface area contributed by atoms with E-state index in [4.69, 9.17) is 9.47 Å². The first-order valence-corrected chi connectivity index (χ1v) is 7.97. The van der Waals surface area contributed by atoms with Crippen molar-refractivity contribution >= 4 is 24.0 Å². The number of para-hydroxylation sites is 1. The van der Waals surface area contributed by atoms with Gasteiger partial charge in [0.2, 0.25) is 5.91 Å². The van der Waals surface area contributed by atoms with Gasteiger partial charge in [-0.05, 0) is 35.9 Å². The van der Waals surface area contributed by atoms with E-state index in [1.807, 2.05) is 36.4 Å². The van der Waals surface area contributed by atoms with E-state index in [9.17, 15) is 4.79 Å². The molecule has 0 unspecified atom stereocenters. The maximum Gasteiger partial charge on any atom is 0.228 e. The minimum atomic E-state index is -0.0637. The average Bonchev–Trinajstić information content (AvgIpc) is 2.60. The number of nitrogens with one attached hydrogen (secondary N) is 2. The van der Waals surface area contributed by atoms with Gasteiger partial charge in [-0.2, -0.15) is 0 Å². The smallest absolute Gasteiger partial charge is 0.228 e. The van der Waals surface area contributed by atoms with Gasteiger partial charge in [-0.15, -0.1) is 12.4 Å². The summed E-state index contributed by atoms with van der Waals surface area (Å²) in [6.07, 6.45) is 0.274. The molecule has 0 heterocycles. The number of carbonyl (C=O) groups is 1. The van der Waals surface area contributed by atoms with Crippen molar-refractivity contribution in [2.45, 2.75) is 19.9 Å². The standard InChI is InChI=1S/C19H24N2O3.ClH/c1-4-20-13-15-7-5-6-8-16(15)21-19(22)12-14-9-10-17(23-2)18(11-14)24-3;/h5-11,20H,4,12-13H2,1-3H3,(H,21,22);1H. The van der Waals surface area contributed by atoms with Crippen molar-refractivity contribution in [3.63, 3.8) is 0 Å². The van der Waals surface area contributed by atoms with E-state index in [1.165, 1.54) is 0 Å². The number of hydrogen-bond donors (Lipinski definition) is 2. The molecule has 2 rings (SSSR count). The second-order valence-corrected chi connectivity index (χ2v) is 5.35. The van der Waals surface area contributed by atoms with Gasteiger partial charge >= 0.3 is 0 Å². The Hall–Kier alpha value is -2.24. The third-order valence-electron chi connectivity index (χ3n) is 3.67. The van der Waals surface area contributed by atoms with E-state index in [1.54, 1.807) is 20.3 Å². The van der Waals surface area contributed by atoms with Crippen LogP contribution in [0.1, 0.15) is 18.1 Å². The molecule has 0 atom stereocenters. The molecule has 0 aliphatic carbocycles. The summed E-state index contributed by atoms with van der Waals surface area (Å²) in [4.78, 5) is 12.4. The number of anilines is 1. The Morgan fingerprint density at radius 2 is 1.76 bits per heavy atom. The van der Waals surface area contributed by atoms with Crippen LogP contribution in [0.2, 0.25) is 0 Å². The molecular weight excluding hydrogens is 340 g/mol. The lowest BCUT2D eigenvalue weighted by atomic mass is 10.1. The second kappa shape index (κ2) is 10.6. The summed E-state index contributed by atoms with van der Waals surface area (Å²) in [5.74, 6) is 1.21. The summed E-state index contributed by atoms with van der Waals surface area (Å²) in [6.45, 7) is 3.66. The lowest BCUT2D eigenvalue weighted by Gasteiger charge is -2.12. The van der Waals surface area contributed by atoms with Crippen LogP contribution in [-0.2, 0) is 17.8 Å². The third-order valence-corrected chi connectivity index (χ3v) is 3.67. The maximum absolute atomic E-state index is 12.4. The quantitative estimate of drug-likeness (QED) is 0.753. The minimum absolute atomic E-state index is 0. The zero-order valence-electron chi connectivity index (χ0n) is 14.8. The highest BCUT2D eigenvalue weighted by Crippen LogP contribution is 2.27. The van der Waals surface area contributed by atoms with Crippen molar-refractivity contribution in [2.75, 3.05) is 26.1 Å². The van der Waals surface area contributed by atoms with Gasteiger partial charge in [-0.25, -0.2) is 0 Å². The van der Waals surface area contributed by atoms with E-state index >= 15 is 0 Å². The molecule has 0 aliphatic heterocycles. The topological polar surface area (TPSA) is 59.6 Å². The first-order valence-electron chi connectivity index (χ1n) is 7.97. The molecule has 0 aliphatic rings. The highest BCUT2D eigenvalue weighted by Gasteiger charge is 2.10. The van der Waals surface area contributed by atoms with E-state index in [0.29, 0.717) is 11.5 Å². The summed E-state index contributed by atoms with van der Waals surface area (Å²) in [7, 11) is 3.17. The molecule has 0 saturated carbocycles. The fourth-order valence-electron chi connectivity index (χ4n) is 2.43. The molecule has 0 bridgehead atoms. The van der Waals surface area contributed by atoms with E-state index in [2.05, 4.69) is 17.6 Å². The van der Waals surface area contributed by atoms with Crippen LogP contribution in [-0.4, -0.2) is 26.7 Å². The molecule has 5 nitrogen and oxygen atoms in total. The molecule has 25 heavy (non-hydrogen) atoms. The number of methoxy groups -OCH3 is 2. The maximum atomic E-state index is 12.4. The molecule has 6 heteroatoms.